The van der Waals surface area contributed by atoms with Crippen LogP contribution < -0.4 is 20.3 Å². The van der Waals surface area contributed by atoms with Gasteiger partial charge in [-0.3, -0.25) is 9.59 Å². The molecular weight excluding hydrogens is 462 g/mol. The highest BCUT2D eigenvalue weighted by atomic mass is 35.5. The van der Waals surface area contributed by atoms with Crippen molar-refractivity contribution >= 4 is 35.1 Å². The van der Waals surface area contributed by atoms with E-state index in [9.17, 15) is 9.59 Å². The molecule has 0 saturated carbocycles. The van der Waals surface area contributed by atoms with Gasteiger partial charge < -0.3 is 19.8 Å². The minimum absolute atomic E-state index is 0.0998. The van der Waals surface area contributed by atoms with Gasteiger partial charge in [-0.25, -0.2) is 4.98 Å². The molecule has 1 aliphatic heterocycles. The molecule has 1 aromatic heterocycles. The van der Waals surface area contributed by atoms with E-state index in [1.165, 1.54) is 18.9 Å². The molecule has 1 amide bonds. The topological polar surface area (TPSA) is 93.3 Å². The van der Waals surface area contributed by atoms with E-state index in [1.54, 1.807) is 18.2 Å². The van der Waals surface area contributed by atoms with Crippen molar-refractivity contribution < 1.29 is 14.3 Å². The first kappa shape index (κ1) is 22.8. The monoisotopic (exact) mass is 481 g/mol. The Morgan fingerprint density at radius 2 is 2.06 bits per heavy atom. The van der Waals surface area contributed by atoms with Crippen LogP contribution in [0.3, 0.4) is 0 Å². The van der Waals surface area contributed by atoms with Gasteiger partial charge in [-0.2, -0.15) is 0 Å². The molecule has 33 heavy (non-hydrogen) atoms. The van der Waals surface area contributed by atoms with Crippen LogP contribution >= 0.6 is 23.4 Å². The van der Waals surface area contributed by atoms with Gasteiger partial charge in [0.25, 0.3) is 5.56 Å². The number of carbonyl (C=O) groups is 1. The second kappa shape index (κ2) is 10.0. The largest absolute Gasteiger partial charge is 0.493 e. The molecule has 1 atom stereocenters. The summed E-state index contributed by atoms with van der Waals surface area (Å²) in [6, 6.07) is 12.7. The number of nitrogens with zero attached hydrogens (tertiary/aromatic N) is 1. The average molecular weight is 482 g/mol. The van der Waals surface area contributed by atoms with Crippen molar-refractivity contribution in [2.45, 2.75) is 23.2 Å². The van der Waals surface area contributed by atoms with E-state index in [4.69, 9.17) is 27.5 Å². The van der Waals surface area contributed by atoms with Gasteiger partial charge in [0.1, 0.15) is 12.4 Å². The Labute approximate surface area is 199 Å². The van der Waals surface area contributed by atoms with Crippen molar-refractivity contribution in [1.82, 2.24) is 9.97 Å². The van der Waals surface area contributed by atoms with Crippen LogP contribution in [0.5, 0.6) is 11.5 Å². The summed E-state index contributed by atoms with van der Waals surface area (Å²) in [7, 11) is 1.51. The summed E-state index contributed by atoms with van der Waals surface area (Å²) in [6.45, 7) is 0.0998. The van der Waals surface area contributed by atoms with Gasteiger partial charge in [-0.05, 0) is 29.3 Å². The fourth-order valence-electron chi connectivity index (χ4n) is 3.60. The Bertz CT molecular complexity index is 1300. The molecule has 2 aromatic carbocycles. The van der Waals surface area contributed by atoms with Crippen molar-refractivity contribution in [2.24, 2.45) is 0 Å². The van der Waals surface area contributed by atoms with Crippen LogP contribution in [0.1, 0.15) is 29.0 Å². The van der Waals surface area contributed by atoms with E-state index < -0.39 is 5.92 Å². The summed E-state index contributed by atoms with van der Waals surface area (Å²) < 4.78 is 10.9. The van der Waals surface area contributed by atoms with E-state index in [1.807, 2.05) is 24.3 Å². The third-order valence-electron chi connectivity index (χ3n) is 5.15. The quantitative estimate of drug-likeness (QED) is 0.298. The number of amides is 1. The summed E-state index contributed by atoms with van der Waals surface area (Å²) >= 11 is 7.55. The molecule has 4 rings (SSSR count). The maximum atomic E-state index is 13.1. The van der Waals surface area contributed by atoms with Crippen LogP contribution in [0, 0.1) is 12.3 Å². The number of ether oxygens (including phenoxy) is 2. The molecule has 3 aromatic rings. The minimum atomic E-state index is -0.483. The number of carbonyl (C=O) groups excluding carboxylic acids is 1. The molecule has 0 saturated heterocycles. The second-order valence-corrected chi connectivity index (χ2v) is 8.59. The molecule has 0 spiro atoms. The predicted molar refractivity (Wildman–Crippen MR) is 128 cm³/mol. The summed E-state index contributed by atoms with van der Waals surface area (Å²) in [5.41, 5.74) is 1.75. The predicted octanol–water partition coefficient (Wildman–Crippen LogP) is 4.21. The van der Waals surface area contributed by atoms with Crippen LogP contribution in [0.4, 0.5) is 5.82 Å². The van der Waals surface area contributed by atoms with Gasteiger partial charge in [0.15, 0.2) is 16.7 Å². The van der Waals surface area contributed by atoms with Gasteiger partial charge in [0, 0.05) is 23.1 Å². The summed E-state index contributed by atoms with van der Waals surface area (Å²) in [6.07, 6.45) is 5.37. The molecule has 1 aliphatic rings. The van der Waals surface area contributed by atoms with Crippen molar-refractivity contribution in [3.8, 4) is 23.8 Å². The number of hydrogen-bond acceptors (Lipinski definition) is 6. The smallest absolute Gasteiger partial charge is 0.257 e. The lowest BCUT2D eigenvalue weighted by Gasteiger charge is -2.25. The fourth-order valence-corrected chi connectivity index (χ4v) is 4.75. The van der Waals surface area contributed by atoms with Crippen LogP contribution in [-0.4, -0.2) is 29.6 Å². The fraction of sp³-hybridized carbons (Fsp3) is 0.208. The molecule has 0 bridgehead atoms. The number of rotatable bonds is 7. The first-order chi connectivity index (χ1) is 16.0. The van der Waals surface area contributed by atoms with Crippen molar-refractivity contribution in [1.29, 1.82) is 0 Å². The number of hydrogen-bond donors (Lipinski definition) is 2. The maximum Gasteiger partial charge on any atom is 0.257 e. The molecule has 0 fully saturated rings. The van der Waals surface area contributed by atoms with E-state index in [0.29, 0.717) is 33.0 Å². The van der Waals surface area contributed by atoms with E-state index >= 15 is 0 Å². The number of anilines is 1. The van der Waals surface area contributed by atoms with Crippen LogP contribution in [0.25, 0.3) is 0 Å². The first-order valence-corrected chi connectivity index (χ1v) is 11.4. The number of fused-ring (bicyclic) bond motifs is 1. The lowest BCUT2D eigenvalue weighted by molar-refractivity contribution is -0.116. The normalized spacial score (nSPS) is 14.7. The van der Waals surface area contributed by atoms with Crippen LogP contribution in [0.2, 0.25) is 5.02 Å². The zero-order chi connectivity index (χ0) is 23.4. The Kier molecular flexibility index (Phi) is 6.92. The van der Waals surface area contributed by atoms with Gasteiger partial charge in [-0.15, -0.1) is 6.42 Å². The van der Waals surface area contributed by atoms with Gasteiger partial charge in [-0.1, -0.05) is 53.5 Å². The highest BCUT2D eigenvalue weighted by Gasteiger charge is 2.31. The molecule has 2 heterocycles. The number of benzene rings is 2. The van der Waals surface area contributed by atoms with Crippen molar-refractivity contribution in [3.63, 3.8) is 0 Å². The van der Waals surface area contributed by atoms with Crippen LogP contribution in [-0.2, 0) is 10.5 Å². The lowest BCUT2D eigenvalue weighted by atomic mass is 9.86. The molecule has 2 N–H and O–H groups in total. The van der Waals surface area contributed by atoms with E-state index in [2.05, 4.69) is 21.2 Å². The Morgan fingerprint density at radius 1 is 1.24 bits per heavy atom. The first-order valence-electron chi connectivity index (χ1n) is 10.0. The van der Waals surface area contributed by atoms with Gasteiger partial charge in [0.05, 0.1) is 12.7 Å². The molecule has 7 nitrogen and oxygen atoms in total. The number of halogens is 1. The summed E-state index contributed by atoms with van der Waals surface area (Å²) in [5, 5.41) is 3.77. The zero-order valence-corrected chi connectivity index (χ0v) is 19.3. The highest BCUT2D eigenvalue weighted by molar-refractivity contribution is 7.98. The number of aromatic nitrogens is 2. The van der Waals surface area contributed by atoms with Gasteiger partial charge in [0.2, 0.25) is 5.91 Å². The van der Waals surface area contributed by atoms with Crippen LogP contribution in [0.15, 0.2) is 52.4 Å². The Hall–Kier alpha value is -3.41. The molecule has 0 radical (unpaired) electrons. The standard InChI is InChI=1S/C24H20ClN3O4S/c1-3-10-32-18-9-8-14(11-19(18)31-2)16-12-20(29)26-22-21(16)23(30)28-24(27-22)33-13-15-6-4-5-7-17(15)25/h1,4-9,11,16H,10,12-13H2,2H3,(H2,26,27,28,29,30). The molecule has 0 aliphatic carbocycles. The minimum Gasteiger partial charge on any atom is -0.493 e. The summed E-state index contributed by atoms with van der Waals surface area (Å²) in [5.74, 6) is 3.43. The number of aromatic amines is 1. The summed E-state index contributed by atoms with van der Waals surface area (Å²) in [4.78, 5) is 32.8. The third kappa shape index (κ3) is 5.00. The average Bonchev–Trinajstić information content (AvgIpc) is 2.81. The maximum absolute atomic E-state index is 13.1. The van der Waals surface area contributed by atoms with Crippen molar-refractivity contribution in [3.05, 3.63) is 74.5 Å². The SMILES string of the molecule is C#CCOc1ccc(C2CC(=O)Nc3nc(SCc4ccccc4Cl)[nH]c(=O)c32)cc1OC. The zero-order valence-electron chi connectivity index (χ0n) is 17.7. The third-order valence-corrected chi connectivity index (χ3v) is 6.44. The number of nitrogens with one attached hydrogen (secondary N) is 2. The molecule has 1 unspecified atom stereocenters. The van der Waals surface area contributed by atoms with E-state index in [-0.39, 0.29) is 30.3 Å². The number of H-pyrrole nitrogens is 1. The molecular formula is C24H20ClN3O4S. The number of thioether (sulfide) groups is 1. The molecule has 9 heteroatoms. The van der Waals surface area contributed by atoms with Crippen molar-refractivity contribution in [2.75, 3.05) is 19.0 Å². The van der Waals surface area contributed by atoms with Gasteiger partial charge >= 0.3 is 0 Å². The number of methoxy groups -OCH3 is 1. The molecule has 168 valence electrons. The Morgan fingerprint density at radius 3 is 2.82 bits per heavy atom. The number of terminal acetylenes is 1. The lowest BCUT2D eigenvalue weighted by Crippen LogP contribution is -2.31. The second-order valence-electron chi connectivity index (χ2n) is 7.22. The highest BCUT2D eigenvalue weighted by Crippen LogP contribution is 2.38. The Balaban J connectivity index is 1.65. The van der Waals surface area contributed by atoms with E-state index in [0.717, 1.165) is 11.1 Å².